The molecule has 0 saturated heterocycles. The number of carboxylic acids is 1. The molecule has 15 nitrogen and oxygen atoms in total. The molecule has 0 saturated carbocycles. The Morgan fingerprint density at radius 2 is 1.18 bits per heavy atom. The van der Waals surface area contributed by atoms with E-state index >= 15 is 0 Å². The molecule has 0 aliphatic heterocycles. The van der Waals surface area contributed by atoms with Crippen molar-refractivity contribution in [3.63, 3.8) is 0 Å². The number of rotatable bonds is 28. The standard InChI is InChI=1S/C54H74O15.C2H6/c1-11-40(38(7)50(63)44(12-2)68-49(62)30-29-47(60)67-33-43(57)53(66)52(65)42(56)32-55)25-23-36(5)21-15-19-34(3)17-13-14-18-35(4)20-16-22-37(6)24-26-41-39(8)51(64)45(31-54(41,9)10)69-48(61)28-27-46(58)59;1-2/h13-26,42-45,52-53,55-57,65-66H,11-12,27-33H2,1-10H3,(H,58,59);1-2H3/b14-13+,19-15+,20-16+,25-23+,26-24+,34-17+,35-18+,36-21+,37-22+,40-38+;. The van der Waals surface area contributed by atoms with Crippen molar-refractivity contribution in [1.29, 1.82) is 0 Å². The van der Waals surface area contributed by atoms with Crippen molar-refractivity contribution in [1.82, 2.24) is 0 Å². The summed E-state index contributed by atoms with van der Waals surface area (Å²) in [4.78, 5) is 73.9. The number of carbonyl (C=O) groups excluding carboxylic acids is 5. The molecule has 0 fully saturated rings. The summed E-state index contributed by atoms with van der Waals surface area (Å²) in [5.74, 6) is -4.16. The van der Waals surface area contributed by atoms with E-state index in [1.165, 1.54) is 0 Å². The predicted molar refractivity (Wildman–Crippen MR) is 274 cm³/mol. The summed E-state index contributed by atoms with van der Waals surface area (Å²) in [7, 11) is 0. The summed E-state index contributed by atoms with van der Waals surface area (Å²) < 4.78 is 15.6. The Balaban J connectivity index is 0.0000242. The topological polar surface area (TPSA) is 251 Å². The molecule has 1 aliphatic carbocycles. The summed E-state index contributed by atoms with van der Waals surface area (Å²) in [6, 6.07) is 0. The van der Waals surface area contributed by atoms with Crippen molar-refractivity contribution in [3.8, 4) is 0 Å². The number of carboxylic acid groups (broad SMARTS) is 1. The van der Waals surface area contributed by atoms with Gasteiger partial charge in [-0.1, -0.05) is 149 Å². The largest absolute Gasteiger partial charge is 0.481 e. The highest BCUT2D eigenvalue weighted by Gasteiger charge is 2.40. The van der Waals surface area contributed by atoms with Gasteiger partial charge in [-0.2, -0.15) is 0 Å². The Kier molecular flexibility index (Phi) is 31.6. The minimum absolute atomic E-state index is 0.201. The van der Waals surface area contributed by atoms with Gasteiger partial charge >= 0.3 is 23.9 Å². The molecule has 6 atom stereocenters. The molecular weight excluding hydrogens is 913 g/mol. The Bertz CT molecular complexity index is 2150. The van der Waals surface area contributed by atoms with E-state index in [4.69, 9.17) is 24.4 Å². The van der Waals surface area contributed by atoms with Crippen LogP contribution < -0.4 is 0 Å². The van der Waals surface area contributed by atoms with Gasteiger partial charge in [0.1, 0.15) is 31.0 Å². The van der Waals surface area contributed by atoms with Crippen molar-refractivity contribution >= 4 is 35.4 Å². The molecule has 1 rings (SSSR count). The van der Waals surface area contributed by atoms with Crippen molar-refractivity contribution in [3.05, 3.63) is 130 Å². The van der Waals surface area contributed by atoms with Crippen LogP contribution in [-0.2, 0) is 43.0 Å². The van der Waals surface area contributed by atoms with Crippen molar-refractivity contribution in [2.45, 2.75) is 165 Å². The number of hydrogen-bond acceptors (Lipinski definition) is 14. The van der Waals surface area contributed by atoms with Crippen LogP contribution in [0.25, 0.3) is 0 Å². The summed E-state index contributed by atoms with van der Waals surface area (Å²) in [6.45, 7) is 21.2. The van der Waals surface area contributed by atoms with E-state index in [1.807, 2.05) is 147 Å². The van der Waals surface area contributed by atoms with Crippen LogP contribution in [0, 0.1) is 5.41 Å². The molecule has 394 valence electrons. The highest BCUT2D eigenvalue weighted by Crippen LogP contribution is 2.41. The van der Waals surface area contributed by atoms with Gasteiger partial charge in [0.05, 0.1) is 32.3 Å². The van der Waals surface area contributed by atoms with Gasteiger partial charge in [0, 0.05) is 6.42 Å². The second-order valence-corrected chi connectivity index (χ2v) is 17.5. The lowest BCUT2D eigenvalue weighted by Gasteiger charge is -2.36. The molecule has 0 amide bonds. The monoisotopic (exact) mass is 993 g/mol. The molecule has 0 radical (unpaired) electrons. The average Bonchev–Trinajstić information content (AvgIpc) is 3.33. The van der Waals surface area contributed by atoms with Crippen LogP contribution in [0.15, 0.2) is 130 Å². The molecule has 71 heavy (non-hydrogen) atoms. The number of ketones is 2. The van der Waals surface area contributed by atoms with E-state index in [9.17, 15) is 49.2 Å². The Hall–Kier alpha value is -5.84. The zero-order valence-electron chi connectivity index (χ0n) is 43.8. The minimum Gasteiger partial charge on any atom is -0.481 e. The maximum absolute atomic E-state index is 13.3. The van der Waals surface area contributed by atoms with Crippen LogP contribution in [0.5, 0.6) is 0 Å². The summed E-state index contributed by atoms with van der Waals surface area (Å²) in [6.07, 6.45) is 17.5. The number of Topliss-reactive ketones (excluding diaryl/α,β-unsaturated/α-hetero) is 2. The van der Waals surface area contributed by atoms with Gasteiger partial charge in [-0.3, -0.25) is 28.8 Å². The van der Waals surface area contributed by atoms with Crippen LogP contribution in [0.1, 0.15) is 128 Å². The first-order valence-electron chi connectivity index (χ1n) is 24.1. The molecule has 0 aromatic rings. The normalized spacial score (nSPS) is 18.6. The second kappa shape index (κ2) is 34.5. The van der Waals surface area contributed by atoms with E-state index in [0.29, 0.717) is 24.0 Å². The highest BCUT2D eigenvalue weighted by atomic mass is 16.6. The first-order chi connectivity index (χ1) is 33.4. The molecule has 6 N–H and O–H groups in total. The lowest BCUT2D eigenvalue weighted by atomic mass is 9.71. The third-order valence-corrected chi connectivity index (χ3v) is 11.1. The maximum Gasteiger partial charge on any atom is 0.307 e. The van der Waals surface area contributed by atoms with Gasteiger partial charge in [-0.25, -0.2) is 0 Å². The molecule has 0 aromatic heterocycles. The zero-order chi connectivity index (χ0) is 54.4. The smallest absolute Gasteiger partial charge is 0.307 e. The molecule has 0 heterocycles. The van der Waals surface area contributed by atoms with E-state index < -0.39 is 92.0 Å². The summed E-state index contributed by atoms with van der Waals surface area (Å²) in [5, 5.41) is 56.5. The van der Waals surface area contributed by atoms with Gasteiger partial charge < -0.3 is 44.8 Å². The fraction of sp³-hybridized carbons (Fsp3) is 0.500. The number of aliphatic hydroxyl groups is 5. The van der Waals surface area contributed by atoms with E-state index in [1.54, 1.807) is 20.8 Å². The predicted octanol–water partition coefficient (Wildman–Crippen LogP) is 8.05. The minimum atomic E-state index is -1.90. The molecular formula is C56H80O15. The van der Waals surface area contributed by atoms with Gasteiger partial charge in [0.25, 0.3) is 0 Å². The summed E-state index contributed by atoms with van der Waals surface area (Å²) in [5.41, 5.74) is 6.07. The molecule has 1 aliphatic rings. The van der Waals surface area contributed by atoms with E-state index in [2.05, 4.69) is 0 Å². The van der Waals surface area contributed by atoms with Gasteiger partial charge in [-0.15, -0.1) is 0 Å². The quantitative estimate of drug-likeness (QED) is 0.0188. The van der Waals surface area contributed by atoms with Gasteiger partial charge in [0.15, 0.2) is 23.8 Å². The number of aliphatic carboxylic acids is 1. The van der Waals surface area contributed by atoms with E-state index in [0.717, 1.165) is 33.4 Å². The van der Waals surface area contributed by atoms with Crippen LogP contribution >= 0.6 is 0 Å². The van der Waals surface area contributed by atoms with Gasteiger partial charge in [0.2, 0.25) is 0 Å². The van der Waals surface area contributed by atoms with Crippen LogP contribution in [0.3, 0.4) is 0 Å². The first-order valence-corrected chi connectivity index (χ1v) is 24.1. The van der Waals surface area contributed by atoms with Crippen molar-refractivity contribution in [2.24, 2.45) is 5.41 Å². The average molecular weight is 993 g/mol. The van der Waals surface area contributed by atoms with Gasteiger partial charge in [-0.05, 0) is 82.1 Å². The van der Waals surface area contributed by atoms with Crippen molar-refractivity contribution in [2.75, 3.05) is 13.2 Å². The molecule has 0 bridgehead atoms. The molecule has 6 unspecified atom stereocenters. The fourth-order valence-corrected chi connectivity index (χ4v) is 6.77. The Labute approximate surface area is 420 Å². The number of carbonyl (C=O) groups is 6. The number of allylic oxidation sites excluding steroid dienone is 20. The molecule has 0 aromatic carbocycles. The molecule has 15 heteroatoms. The lowest BCUT2D eigenvalue weighted by Crippen LogP contribution is -2.47. The number of esters is 3. The fourth-order valence-electron chi connectivity index (χ4n) is 6.77. The number of hydrogen-bond donors (Lipinski definition) is 6. The zero-order valence-corrected chi connectivity index (χ0v) is 43.8. The highest BCUT2D eigenvalue weighted by molar-refractivity contribution is 6.02. The second-order valence-electron chi connectivity index (χ2n) is 17.5. The van der Waals surface area contributed by atoms with Crippen LogP contribution in [-0.4, -0.2) is 116 Å². The lowest BCUT2D eigenvalue weighted by molar-refractivity contribution is -0.160. The molecule has 0 spiro atoms. The summed E-state index contributed by atoms with van der Waals surface area (Å²) >= 11 is 0. The number of ether oxygens (including phenoxy) is 3. The Morgan fingerprint density at radius 3 is 1.70 bits per heavy atom. The third-order valence-electron chi connectivity index (χ3n) is 11.1. The van der Waals surface area contributed by atoms with E-state index in [-0.39, 0.29) is 30.8 Å². The first kappa shape index (κ1) is 65.2. The Morgan fingerprint density at radius 1 is 0.690 bits per heavy atom. The SMILES string of the molecule is CC.CCC(/C=C/C(C)=C/C=C/C(C)=C/C=C/C=C(C)/C=C/C=C(C)/C=C/C1=C(C)C(=O)C(OC(=O)CCC(=O)O)CC1(C)C)=C(/C)C(=O)C(CC)OC(=O)CCC(=O)OCC(O)C(O)C(O)C(O)CO. The van der Waals surface area contributed by atoms with Crippen molar-refractivity contribution < 1.29 is 73.6 Å². The number of aliphatic hydroxyl groups excluding tert-OH is 5. The maximum atomic E-state index is 13.3. The third kappa shape index (κ3) is 25.2. The van der Waals surface area contributed by atoms with Crippen LogP contribution in [0.4, 0.5) is 0 Å². The van der Waals surface area contributed by atoms with Crippen LogP contribution in [0.2, 0.25) is 0 Å².